The molecule has 2 aromatic rings. The highest BCUT2D eigenvalue weighted by atomic mass is 16.5. The maximum Gasteiger partial charge on any atom is 0.336 e. The zero-order valence-electron chi connectivity index (χ0n) is 15.0. The molecule has 4 nitrogen and oxygen atoms in total. The number of ether oxygens (including phenoxy) is 1. The van der Waals surface area contributed by atoms with Gasteiger partial charge in [-0.05, 0) is 37.5 Å². The summed E-state index contributed by atoms with van der Waals surface area (Å²) in [6.45, 7) is 4.22. The Morgan fingerprint density at radius 3 is 2.48 bits per heavy atom. The van der Waals surface area contributed by atoms with Crippen LogP contribution in [0.15, 0.2) is 42.5 Å². The molecule has 2 rings (SSSR count). The van der Waals surface area contributed by atoms with E-state index in [4.69, 9.17) is 10.5 Å². The first-order valence-electron chi connectivity index (χ1n) is 8.92. The van der Waals surface area contributed by atoms with Gasteiger partial charge in [0.25, 0.3) is 0 Å². The summed E-state index contributed by atoms with van der Waals surface area (Å²) < 4.78 is 6.00. The van der Waals surface area contributed by atoms with Gasteiger partial charge in [-0.3, -0.25) is 0 Å². The molecule has 1 unspecified atom stereocenters. The topological polar surface area (TPSA) is 72.5 Å². The van der Waals surface area contributed by atoms with Gasteiger partial charge in [0, 0.05) is 5.56 Å². The number of anilines is 1. The van der Waals surface area contributed by atoms with E-state index in [1.165, 1.54) is 19.3 Å². The first kappa shape index (κ1) is 18.8. The highest BCUT2D eigenvalue weighted by molar-refractivity contribution is 6.01. The number of nitrogens with two attached hydrogens (primary N) is 1. The molecule has 1 atom stereocenters. The van der Waals surface area contributed by atoms with Gasteiger partial charge >= 0.3 is 5.97 Å². The molecule has 0 aliphatic heterocycles. The third-order valence-electron chi connectivity index (χ3n) is 4.29. The molecule has 2 aromatic carbocycles. The summed E-state index contributed by atoms with van der Waals surface area (Å²) in [5.74, 6) is -0.448. The average molecular weight is 341 g/mol. The van der Waals surface area contributed by atoms with Crippen molar-refractivity contribution in [3.05, 3.63) is 48.0 Å². The van der Waals surface area contributed by atoms with Crippen LogP contribution < -0.4 is 10.5 Å². The van der Waals surface area contributed by atoms with Gasteiger partial charge in [-0.25, -0.2) is 4.79 Å². The van der Waals surface area contributed by atoms with E-state index in [2.05, 4.69) is 6.92 Å². The average Bonchev–Trinajstić information content (AvgIpc) is 2.61. The van der Waals surface area contributed by atoms with Gasteiger partial charge in [0.15, 0.2) is 0 Å². The van der Waals surface area contributed by atoms with Gasteiger partial charge in [0.05, 0.1) is 17.4 Å². The zero-order valence-corrected chi connectivity index (χ0v) is 15.0. The molecular weight excluding hydrogens is 314 g/mol. The number of unbranched alkanes of at least 4 members (excludes halogenated alkanes) is 3. The molecule has 0 fully saturated rings. The van der Waals surface area contributed by atoms with E-state index in [-0.39, 0.29) is 11.7 Å². The van der Waals surface area contributed by atoms with Crippen LogP contribution in [-0.2, 0) is 0 Å². The number of benzene rings is 2. The Hall–Kier alpha value is -2.49. The summed E-state index contributed by atoms with van der Waals surface area (Å²) in [5.41, 5.74) is 8.15. The highest BCUT2D eigenvalue weighted by Gasteiger charge is 2.19. The van der Waals surface area contributed by atoms with Gasteiger partial charge in [-0.1, -0.05) is 56.5 Å². The van der Waals surface area contributed by atoms with Crippen LogP contribution >= 0.6 is 0 Å². The molecule has 0 heterocycles. The van der Waals surface area contributed by atoms with Crippen LogP contribution in [0.3, 0.4) is 0 Å². The third-order valence-corrected chi connectivity index (χ3v) is 4.29. The van der Waals surface area contributed by atoms with Crippen LogP contribution in [0.25, 0.3) is 11.1 Å². The van der Waals surface area contributed by atoms with Crippen molar-refractivity contribution in [2.75, 3.05) is 5.73 Å². The number of nitrogen functional groups attached to an aromatic ring is 1. The van der Waals surface area contributed by atoms with E-state index >= 15 is 0 Å². The molecule has 0 aliphatic rings. The number of hydrogen-bond donors (Lipinski definition) is 2. The Kier molecular flexibility index (Phi) is 6.87. The summed E-state index contributed by atoms with van der Waals surface area (Å²) in [5, 5.41) is 9.49. The van der Waals surface area contributed by atoms with Gasteiger partial charge in [-0.15, -0.1) is 0 Å². The van der Waals surface area contributed by atoms with E-state index in [1.807, 2.05) is 37.3 Å². The minimum Gasteiger partial charge on any atom is -0.489 e. The van der Waals surface area contributed by atoms with Crippen molar-refractivity contribution in [3.63, 3.8) is 0 Å². The van der Waals surface area contributed by atoms with Crippen LogP contribution in [0, 0.1) is 0 Å². The molecule has 134 valence electrons. The summed E-state index contributed by atoms with van der Waals surface area (Å²) >= 11 is 0. The molecule has 4 heteroatoms. The summed E-state index contributed by atoms with van der Waals surface area (Å²) in [7, 11) is 0. The maximum atomic E-state index is 11.6. The van der Waals surface area contributed by atoms with Crippen molar-refractivity contribution in [1.29, 1.82) is 0 Å². The predicted octanol–water partition coefficient (Wildman–Crippen LogP) is 5.37. The molecule has 3 N–H and O–H groups in total. The number of carboxylic acids is 1. The second kappa shape index (κ2) is 9.11. The molecule has 0 aromatic heterocycles. The zero-order chi connectivity index (χ0) is 18.2. The van der Waals surface area contributed by atoms with Crippen molar-refractivity contribution in [3.8, 4) is 16.9 Å². The summed E-state index contributed by atoms with van der Waals surface area (Å²) in [6, 6.07) is 12.6. The summed E-state index contributed by atoms with van der Waals surface area (Å²) in [6.07, 6.45) is 5.76. The monoisotopic (exact) mass is 341 g/mol. The van der Waals surface area contributed by atoms with Gasteiger partial charge in [-0.2, -0.15) is 0 Å². The van der Waals surface area contributed by atoms with Crippen LogP contribution in [0.5, 0.6) is 5.75 Å². The smallest absolute Gasteiger partial charge is 0.336 e. The molecule has 0 bridgehead atoms. The lowest BCUT2D eigenvalue weighted by molar-refractivity contribution is 0.0697. The molecule has 0 aliphatic carbocycles. The Morgan fingerprint density at radius 1 is 1.12 bits per heavy atom. The maximum absolute atomic E-state index is 11.6. The number of aromatic carboxylic acids is 1. The number of hydrogen-bond acceptors (Lipinski definition) is 3. The molecule has 25 heavy (non-hydrogen) atoms. The Bertz CT molecular complexity index is 698. The SMILES string of the molecule is CCCCCCC(C)Oc1ccc(C(=O)O)c(-c2ccccc2)c1N. The number of rotatable bonds is 9. The van der Waals surface area contributed by atoms with Crippen molar-refractivity contribution < 1.29 is 14.6 Å². The molecule has 0 amide bonds. The highest BCUT2D eigenvalue weighted by Crippen LogP contribution is 2.37. The molecule has 0 spiro atoms. The fraction of sp³-hybridized carbons (Fsp3) is 0.381. The van der Waals surface area contributed by atoms with Crippen molar-refractivity contribution in [2.45, 2.75) is 52.1 Å². The lowest BCUT2D eigenvalue weighted by Crippen LogP contribution is -2.14. The normalized spacial score (nSPS) is 11.9. The predicted molar refractivity (Wildman–Crippen MR) is 102 cm³/mol. The fourth-order valence-corrected chi connectivity index (χ4v) is 2.93. The molecule has 0 radical (unpaired) electrons. The Labute approximate surface area is 149 Å². The van der Waals surface area contributed by atoms with Crippen molar-refractivity contribution in [2.24, 2.45) is 0 Å². The van der Waals surface area contributed by atoms with Crippen LogP contribution in [-0.4, -0.2) is 17.2 Å². The minimum absolute atomic E-state index is 0.0402. The van der Waals surface area contributed by atoms with Gasteiger partial charge in [0.1, 0.15) is 5.75 Å². The first-order valence-corrected chi connectivity index (χ1v) is 8.92. The van der Waals surface area contributed by atoms with Crippen LogP contribution in [0.4, 0.5) is 5.69 Å². The van der Waals surface area contributed by atoms with E-state index in [0.29, 0.717) is 17.0 Å². The number of carbonyl (C=O) groups is 1. The van der Waals surface area contributed by atoms with E-state index in [9.17, 15) is 9.90 Å². The van der Waals surface area contributed by atoms with Gasteiger partial charge < -0.3 is 15.6 Å². The minimum atomic E-state index is -0.996. The molecular formula is C21H27NO3. The standard InChI is InChI=1S/C21H27NO3/c1-3-4-5-7-10-15(2)25-18-14-13-17(21(23)24)19(20(18)22)16-11-8-6-9-12-16/h6,8-9,11-15H,3-5,7,10,22H2,1-2H3,(H,23,24). The van der Waals surface area contributed by atoms with Crippen molar-refractivity contribution in [1.82, 2.24) is 0 Å². The second-order valence-electron chi connectivity index (χ2n) is 6.35. The summed E-state index contributed by atoms with van der Waals surface area (Å²) in [4.78, 5) is 11.6. The van der Waals surface area contributed by atoms with Crippen molar-refractivity contribution >= 4 is 11.7 Å². The first-order chi connectivity index (χ1) is 12.0. The Balaban J connectivity index is 2.24. The second-order valence-corrected chi connectivity index (χ2v) is 6.35. The third kappa shape index (κ3) is 4.99. The van der Waals surface area contributed by atoms with E-state index in [1.54, 1.807) is 12.1 Å². The fourth-order valence-electron chi connectivity index (χ4n) is 2.93. The van der Waals surface area contributed by atoms with Gasteiger partial charge in [0.2, 0.25) is 0 Å². The van der Waals surface area contributed by atoms with E-state index < -0.39 is 5.97 Å². The van der Waals surface area contributed by atoms with Crippen LogP contribution in [0.1, 0.15) is 56.3 Å². The Morgan fingerprint density at radius 2 is 1.84 bits per heavy atom. The van der Waals surface area contributed by atoms with E-state index in [0.717, 1.165) is 18.4 Å². The quantitative estimate of drug-likeness (QED) is 0.475. The number of carboxylic acid groups (broad SMARTS) is 1. The molecule has 0 saturated carbocycles. The van der Waals surface area contributed by atoms with Crippen LogP contribution in [0.2, 0.25) is 0 Å². The lowest BCUT2D eigenvalue weighted by atomic mass is 9.97. The largest absolute Gasteiger partial charge is 0.489 e. The molecule has 0 saturated heterocycles. The lowest BCUT2D eigenvalue weighted by Gasteiger charge is -2.19.